The Balaban J connectivity index is 2.09. The maximum absolute atomic E-state index is 6.07. The molecule has 1 atom stereocenters. The van der Waals surface area contributed by atoms with Crippen LogP contribution in [0.4, 0.5) is 0 Å². The average Bonchev–Trinajstić information content (AvgIpc) is 2.49. The second-order valence-electron chi connectivity index (χ2n) is 5.21. The number of hydrogen-bond acceptors (Lipinski definition) is 3. The second-order valence-corrected chi connectivity index (χ2v) is 5.65. The summed E-state index contributed by atoms with van der Waals surface area (Å²) in [7, 11) is 4.13. The van der Waals surface area contributed by atoms with Gasteiger partial charge in [0.15, 0.2) is 0 Å². The van der Waals surface area contributed by atoms with Gasteiger partial charge in [-0.15, -0.1) is 0 Å². The molecular weight excluding hydrogens is 284 g/mol. The first-order valence-corrected chi connectivity index (χ1v) is 7.47. The van der Waals surface area contributed by atoms with E-state index in [4.69, 9.17) is 16.3 Å². The zero-order valence-corrected chi connectivity index (χ0v) is 13.3. The molecule has 21 heavy (non-hydrogen) atoms. The molecule has 0 saturated heterocycles. The van der Waals surface area contributed by atoms with Crippen LogP contribution in [-0.4, -0.2) is 37.1 Å². The van der Waals surface area contributed by atoms with E-state index in [0.29, 0.717) is 6.61 Å². The van der Waals surface area contributed by atoms with Crippen molar-refractivity contribution in [1.29, 1.82) is 0 Å². The normalized spacial score (nSPS) is 12.6. The zero-order valence-electron chi connectivity index (χ0n) is 12.5. The van der Waals surface area contributed by atoms with Crippen molar-refractivity contribution in [3.05, 3.63) is 64.9 Å². The van der Waals surface area contributed by atoms with Gasteiger partial charge < -0.3 is 9.64 Å². The quantitative estimate of drug-likeness (QED) is 0.728. The Kier molecular flexibility index (Phi) is 6.18. The molecule has 0 fully saturated rings. The van der Waals surface area contributed by atoms with Crippen LogP contribution in [0.1, 0.15) is 23.8 Å². The number of hydrogen-bond donors (Lipinski definition) is 0. The summed E-state index contributed by atoms with van der Waals surface area (Å²) in [6.45, 7) is 1.71. The molecule has 2 rings (SSSR count). The van der Waals surface area contributed by atoms with Crippen LogP contribution in [-0.2, 0) is 4.74 Å². The Labute approximate surface area is 131 Å². The van der Waals surface area contributed by atoms with E-state index in [1.165, 1.54) is 0 Å². The van der Waals surface area contributed by atoms with Gasteiger partial charge >= 0.3 is 0 Å². The zero-order chi connectivity index (χ0) is 15.1. The van der Waals surface area contributed by atoms with E-state index >= 15 is 0 Å². The van der Waals surface area contributed by atoms with E-state index in [9.17, 15) is 0 Å². The van der Waals surface area contributed by atoms with Crippen LogP contribution < -0.4 is 0 Å². The summed E-state index contributed by atoms with van der Waals surface area (Å²) in [5.41, 5.74) is 1.99. The van der Waals surface area contributed by atoms with Gasteiger partial charge in [0.25, 0.3) is 0 Å². The smallest absolute Gasteiger partial charge is 0.124 e. The molecule has 1 aromatic heterocycles. The summed E-state index contributed by atoms with van der Waals surface area (Å²) >= 11 is 5.96. The van der Waals surface area contributed by atoms with Crippen molar-refractivity contribution in [1.82, 2.24) is 9.88 Å². The van der Waals surface area contributed by atoms with Crippen molar-refractivity contribution in [2.75, 3.05) is 27.2 Å². The summed E-state index contributed by atoms with van der Waals surface area (Å²) < 4.78 is 6.07. The third kappa shape index (κ3) is 5.12. The Morgan fingerprint density at radius 3 is 2.52 bits per heavy atom. The average molecular weight is 305 g/mol. The Hall–Kier alpha value is -1.42. The molecular formula is C17H21ClN2O. The molecule has 0 saturated carbocycles. The third-order valence-electron chi connectivity index (χ3n) is 3.16. The second kappa shape index (κ2) is 8.13. The van der Waals surface area contributed by atoms with Crippen LogP contribution in [0, 0.1) is 0 Å². The van der Waals surface area contributed by atoms with Crippen molar-refractivity contribution in [3.63, 3.8) is 0 Å². The molecule has 2 aromatic rings. The third-order valence-corrected chi connectivity index (χ3v) is 3.42. The van der Waals surface area contributed by atoms with Crippen molar-refractivity contribution < 1.29 is 4.74 Å². The van der Waals surface area contributed by atoms with E-state index in [0.717, 1.165) is 29.2 Å². The van der Waals surface area contributed by atoms with Gasteiger partial charge in [0.05, 0.1) is 5.69 Å². The van der Waals surface area contributed by atoms with Gasteiger partial charge in [-0.3, -0.25) is 4.98 Å². The number of aromatic nitrogens is 1. The van der Waals surface area contributed by atoms with Gasteiger partial charge in [0.1, 0.15) is 6.10 Å². The predicted octanol–water partition coefficient (Wildman–Crippen LogP) is 3.79. The lowest BCUT2D eigenvalue weighted by molar-refractivity contribution is 0.0718. The van der Waals surface area contributed by atoms with Crippen LogP contribution in [0.5, 0.6) is 0 Å². The van der Waals surface area contributed by atoms with E-state index < -0.39 is 0 Å². The summed E-state index contributed by atoms with van der Waals surface area (Å²) in [4.78, 5) is 6.58. The van der Waals surface area contributed by atoms with Gasteiger partial charge in [-0.05, 0) is 56.9 Å². The van der Waals surface area contributed by atoms with Crippen molar-refractivity contribution in [2.24, 2.45) is 0 Å². The molecule has 0 aliphatic rings. The topological polar surface area (TPSA) is 25.4 Å². The maximum Gasteiger partial charge on any atom is 0.124 e. The molecule has 0 amide bonds. The van der Waals surface area contributed by atoms with Crippen LogP contribution in [0.3, 0.4) is 0 Å². The van der Waals surface area contributed by atoms with E-state index in [1.54, 1.807) is 6.20 Å². The minimum absolute atomic E-state index is 0.148. The van der Waals surface area contributed by atoms with Crippen molar-refractivity contribution in [2.45, 2.75) is 12.5 Å². The number of nitrogens with zero attached hydrogens (tertiary/aromatic N) is 2. The van der Waals surface area contributed by atoms with Crippen LogP contribution in [0.25, 0.3) is 0 Å². The highest BCUT2D eigenvalue weighted by Gasteiger charge is 2.15. The molecule has 0 N–H and O–H groups in total. The highest BCUT2D eigenvalue weighted by Crippen LogP contribution is 2.25. The summed E-state index contributed by atoms with van der Waals surface area (Å²) in [6, 6.07) is 13.6. The largest absolute Gasteiger partial charge is 0.367 e. The predicted molar refractivity (Wildman–Crippen MR) is 86.7 cm³/mol. The fraction of sp³-hybridized carbons (Fsp3) is 0.353. The number of benzene rings is 1. The Bertz CT molecular complexity index is 528. The molecule has 0 spiro atoms. The molecule has 112 valence electrons. The first-order valence-electron chi connectivity index (χ1n) is 7.09. The van der Waals surface area contributed by atoms with Gasteiger partial charge in [0, 0.05) is 17.8 Å². The van der Waals surface area contributed by atoms with E-state index in [1.807, 2.05) is 42.5 Å². The molecule has 0 aliphatic carbocycles. The van der Waals surface area contributed by atoms with Gasteiger partial charge in [-0.1, -0.05) is 29.8 Å². The molecule has 4 heteroatoms. The minimum atomic E-state index is -0.148. The van der Waals surface area contributed by atoms with E-state index in [-0.39, 0.29) is 6.10 Å². The standard InChI is InChI=1S/C17H21ClN2O/c1-20(2)12-5-13-21-17(16-6-3-4-11-19-16)14-7-9-15(18)10-8-14/h3-4,6-11,17H,5,12-13H2,1-2H3. The summed E-state index contributed by atoms with van der Waals surface area (Å²) in [5.74, 6) is 0. The lowest BCUT2D eigenvalue weighted by atomic mass is 10.1. The van der Waals surface area contributed by atoms with Gasteiger partial charge in [0.2, 0.25) is 0 Å². The van der Waals surface area contributed by atoms with Gasteiger partial charge in [-0.25, -0.2) is 0 Å². The Morgan fingerprint density at radius 1 is 1.14 bits per heavy atom. The lowest BCUT2D eigenvalue weighted by Crippen LogP contribution is -2.16. The number of rotatable bonds is 7. The fourth-order valence-electron chi connectivity index (χ4n) is 2.10. The molecule has 1 unspecified atom stereocenters. The molecule has 0 bridgehead atoms. The number of pyridine rings is 1. The maximum atomic E-state index is 6.07. The first-order chi connectivity index (χ1) is 10.2. The molecule has 1 heterocycles. The van der Waals surface area contributed by atoms with E-state index in [2.05, 4.69) is 24.0 Å². The highest BCUT2D eigenvalue weighted by atomic mass is 35.5. The summed E-state index contributed by atoms with van der Waals surface area (Å²) in [6.07, 6.45) is 2.64. The number of halogens is 1. The lowest BCUT2D eigenvalue weighted by Gasteiger charge is -2.19. The summed E-state index contributed by atoms with van der Waals surface area (Å²) in [5, 5.41) is 0.728. The minimum Gasteiger partial charge on any atom is -0.367 e. The Morgan fingerprint density at radius 2 is 1.90 bits per heavy atom. The monoisotopic (exact) mass is 304 g/mol. The van der Waals surface area contributed by atoms with Crippen LogP contribution in [0.2, 0.25) is 5.02 Å². The van der Waals surface area contributed by atoms with Crippen molar-refractivity contribution >= 4 is 11.6 Å². The SMILES string of the molecule is CN(C)CCCOC(c1ccc(Cl)cc1)c1ccccn1. The molecule has 3 nitrogen and oxygen atoms in total. The van der Waals surface area contributed by atoms with Crippen LogP contribution in [0.15, 0.2) is 48.7 Å². The van der Waals surface area contributed by atoms with Crippen molar-refractivity contribution in [3.8, 4) is 0 Å². The number of ether oxygens (including phenoxy) is 1. The molecule has 1 aromatic carbocycles. The first kappa shape index (κ1) is 16.0. The highest BCUT2D eigenvalue weighted by molar-refractivity contribution is 6.30. The van der Waals surface area contributed by atoms with Gasteiger partial charge in [-0.2, -0.15) is 0 Å². The molecule has 0 radical (unpaired) electrons. The van der Waals surface area contributed by atoms with Crippen LogP contribution >= 0.6 is 11.6 Å². The molecule has 0 aliphatic heterocycles. The fourth-order valence-corrected chi connectivity index (χ4v) is 2.23.